The van der Waals surface area contributed by atoms with Gasteiger partial charge in [0.2, 0.25) is 0 Å². The fourth-order valence-corrected chi connectivity index (χ4v) is 4.86. The third kappa shape index (κ3) is 3.55. The van der Waals surface area contributed by atoms with E-state index in [1.165, 1.54) is 0 Å². The summed E-state index contributed by atoms with van der Waals surface area (Å²) in [4.78, 5) is 26.7. The molecule has 1 heterocycles. The molecule has 5 nitrogen and oxygen atoms in total. The highest BCUT2D eigenvalue weighted by atomic mass is 16.4. The molecule has 0 N–H and O–H groups in total. The maximum atomic E-state index is 13.4. The van der Waals surface area contributed by atoms with Crippen LogP contribution in [0.4, 0.5) is 0 Å². The molecule has 35 heavy (non-hydrogen) atoms. The highest BCUT2D eigenvalue weighted by Gasteiger charge is 2.50. The van der Waals surface area contributed by atoms with Crippen LogP contribution in [0, 0.1) is 35.0 Å². The molecule has 1 atom stereocenters. The van der Waals surface area contributed by atoms with Gasteiger partial charge in [0.15, 0.2) is 11.2 Å². The summed E-state index contributed by atoms with van der Waals surface area (Å²) in [6.45, 7) is 1.93. The zero-order chi connectivity index (χ0) is 24.6. The van der Waals surface area contributed by atoms with E-state index in [0.29, 0.717) is 33.2 Å². The third-order valence-electron chi connectivity index (χ3n) is 6.68. The zero-order valence-electron chi connectivity index (χ0n) is 19.0. The monoisotopic (exact) mass is 456 g/mol. The molecule has 0 saturated carbocycles. The van der Waals surface area contributed by atoms with Gasteiger partial charge >= 0.3 is 5.63 Å². The number of para-hydroxylation sites is 1. The van der Waals surface area contributed by atoms with Gasteiger partial charge in [-0.15, -0.1) is 0 Å². The smallest absolute Gasteiger partial charge is 0.340 e. The van der Waals surface area contributed by atoms with Crippen molar-refractivity contribution in [3.63, 3.8) is 0 Å². The van der Waals surface area contributed by atoms with Gasteiger partial charge in [-0.25, -0.2) is 4.79 Å². The molecule has 1 aromatic heterocycles. The minimum atomic E-state index is -1.76. The molecule has 1 aliphatic rings. The molecule has 0 radical (unpaired) electrons. The van der Waals surface area contributed by atoms with Crippen molar-refractivity contribution in [1.29, 1.82) is 10.5 Å². The zero-order valence-corrected chi connectivity index (χ0v) is 19.0. The molecule has 3 aromatic carbocycles. The fraction of sp³-hybridized carbons (Fsp3) is 0.133. The minimum Gasteiger partial charge on any atom is -0.422 e. The number of fused-ring (bicyclic) bond motifs is 3. The number of benzene rings is 3. The molecular formula is C30H20N2O3. The number of ketones is 1. The molecule has 0 fully saturated rings. The Morgan fingerprint density at radius 2 is 1.60 bits per heavy atom. The molecule has 1 unspecified atom stereocenters. The van der Waals surface area contributed by atoms with E-state index in [0.717, 1.165) is 5.56 Å². The summed E-state index contributed by atoms with van der Waals surface area (Å²) in [5.41, 5.74) is 1.40. The predicted octanol–water partition coefficient (Wildman–Crippen LogP) is 6.05. The van der Waals surface area contributed by atoms with E-state index in [2.05, 4.69) is 12.1 Å². The van der Waals surface area contributed by atoms with Gasteiger partial charge in [-0.3, -0.25) is 4.79 Å². The average molecular weight is 457 g/mol. The Labute approximate surface area is 202 Å². The van der Waals surface area contributed by atoms with Crippen LogP contribution in [-0.4, -0.2) is 5.78 Å². The topological polar surface area (TPSA) is 94.9 Å². The molecule has 0 amide bonds. The molecule has 1 aliphatic carbocycles. The predicted molar refractivity (Wildman–Crippen MR) is 133 cm³/mol. The summed E-state index contributed by atoms with van der Waals surface area (Å²) in [7, 11) is 0. The first kappa shape index (κ1) is 22.1. The Morgan fingerprint density at radius 1 is 0.943 bits per heavy atom. The van der Waals surface area contributed by atoms with Crippen molar-refractivity contribution < 1.29 is 9.21 Å². The van der Waals surface area contributed by atoms with Crippen LogP contribution < -0.4 is 5.63 Å². The maximum absolute atomic E-state index is 13.4. The molecule has 5 rings (SSSR count). The van der Waals surface area contributed by atoms with E-state index >= 15 is 0 Å². The molecular weight excluding hydrogens is 436 g/mol. The normalized spacial score (nSPS) is 16.0. The number of Topliss-reactive ketones (excluding diaryl/α,β-unsaturated/α-hetero) is 1. The highest BCUT2D eigenvalue weighted by molar-refractivity contribution is 6.02. The van der Waals surface area contributed by atoms with Crippen molar-refractivity contribution in [3.8, 4) is 12.1 Å². The lowest BCUT2D eigenvalue weighted by Crippen LogP contribution is -2.35. The minimum absolute atomic E-state index is 0.187. The number of hydrogen-bond acceptors (Lipinski definition) is 5. The van der Waals surface area contributed by atoms with Crippen LogP contribution in [0.5, 0.6) is 0 Å². The first-order valence-corrected chi connectivity index (χ1v) is 11.2. The number of carbonyl (C=O) groups is 1. The summed E-state index contributed by atoms with van der Waals surface area (Å²) >= 11 is 0. The number of carbonyl (C=O) groups excluding carboxylic acids is 1. The van der Waals surface area contributed by atoms with E-state index in [-0.39, 0.29) is 17.8 Å². The van der Waals surface area contributed by atoms with Gasteiger partial charge in [0.1, 0.15) is 5.58 Å². The second kappa shape index (κ2) is 8.56. The molecule has 4 aromatic rings. The van der Waals surface area contributed by atoms with Crippen molar-refractivity contribution in [2.24, 2.45) is 5.41 Å². The number of rotatable bonds is 4. The van der Waals surface area contributed by atoms with Crippen LogP contribution >= 0.6 is 0 Å². The Balaban J connectivity index is 1.81. The number of nitriles is 2. The van der Waals surface area contributed by atoms with Crippen LogP contribution in [0.25, 0.3) is 22.6 Å². The van der Waals surface area contributed by atoms with Crippen molar-refractivity contribution in [2.75, 3.05) is 0 Å². The number of nitrogens with zero attached hydrogens (tertiary/aromatic N) is 2. The summed E-state index contributed by atoms with van der Waals surface area (Å²) < 4.78 is 5.60. The summed E-state index contributed by atoms with van der Waals surface area (Å²) in [5.74, 6) is -1.26. The Morgan fingerprint density at radius 3 is 2.29 bits per heavy atom. The number of aryl methyl sites for hydroxylation is 1. The van der Waals surface area contributed by atoms with Crippen molar-refractivity contribution >= 4 is 28.4 Å². The van der Waals surface area contributed by atoms with Gasteiger partial charge in [-0.05, 0) is 35.8 Å². The second-order valence-corrected chi connectivity index (χ2v) is 8.71. The van der Waals surface area contributed by atoms with Crippen molar-refractivity contribution in [3.05, 3.63) is 117 Å². The fourth-order valence-electron chi connectivity index (χ4n) is 4.86. The van der Waals surface area contributed by atoms with Crippen molar-refractivity contribution in [1.82, 2.24) is 0 Å². The van der Waals surface area contributed by atoms with E-state index in [1.54, 1.807) is 30.3 Å². The number of hydrogen-bond donors (Lipinski definition) is 0. The summed E-state index contributed by atoms with van der Waals surface area (Å²) in [5, 5.41) is 21.6. The summed E-state index contributed by atoms with van der Waals surface area (Å²) in [6, 6.07) is 27.8. The lowest BCUT2D eigenvalue weighted by atomic mass is 9.61. The lowest BCUT2D eigenvalue weighted by molar-refractivity contribution is 0.0966. The largest absolute Gasteiger partial charge is 0.422 e. The van der Waals surface area contributed by atoms with Crippen LogP contribution in [0.1, 0.15) is 45.0 Å². The molecule has 0 bridgehead atoms. The number of allylic oxidation sites excluding steroid dienone is 1. The van der Waals surface area contributed by atoms with Gasteiger partial charge in [-0.2, -0.15) is 10.5 Å². The molecule has 0 spiro atoms. The van der Waals surface area contributed by atoms with Gasteiger partial charge < -0.3 is 4.42 Å². The van der Waals surface area contributed by atoms with Crippen LogP contribution in [0.3, 0.4) is 0 Å². The van der Waals surface area contributed by atoms with Gasteiger partial charge in [0.25, 0.3) is 0 Å². The first-order valence-electron chi connectivity index (χ1n) is 11.2. The van der Waals surface area contributed by atoms with E-state index in [1.807, 2.05) is 61.5 Å². The lowest BCUT2D eigenvalue weighted by Gasteiger charge is -2.35. The van der Waals surface area contributed by atoms with Gasteiger partial charge in [0.05, 0.1) is 17.7 Å². The molecule has 0 aliphatic heterocycles. The quantitative estimate of drug-likeness (QED) is 0.275. The average Bonchev–Trinajstić information content (AvgIpc) is 2.89. The van der Waals surface area contributed by atoms with E-state index in [9.17, 15) is 20.1 Å². The summed E-state index contributed by atoms with van der Waals surface area (Å²) in [6.07, 6.45) is 1.55. The molecule has 168 valence electrons. The van der Waals surface area contributed by atoms with Gasteiger partial charge in [-0.1, -0.05) is 78.4 Å². The van der Waals surface area contributed by atoms with Crippen LogP contribution in [0.15, 0.2) is 88.1 Å². The molecule has 5 heteroatoms. The van der Waals surface area contributed by atoms with E-state index < -0.39 is 17.0 Å². The second-order valence-electron chi connectivity index (χ2n) is 8.71. The first-order chi connectivity index (χ1) is 17.0. The Kier molecular flexibility index (Phi) is 5.40. The molecule has 0 saturated heterocycles. The standard InChI is InChI=1S/C30H20N2O3/c1-19-11-13-21(14-12-19)26(33)16-25-28-23(22-9-5-6-10-27(22)35-29(28)34)15-24(30(25,17-31)18-32)20-7-3-2-4-8-20/h2-15,25H,16H2,1H3. The Hall–Kier alpha value is -4.74. The van der Waals surface area contributed by atoms with Crippen LogP contribution in [-0.2, 0) is 0 Å². The van der Waals surface area contributed by atoms with Gasteiger partial charge in [0, 0.05) is 23.3 Å². The highest BCUT2D eigenvalue weighted by Crippen LogP contribution is 2.53. The SMILES string of the molecule is Cc1ccc(C(=O)CC2c3c(c4ccccc4oc3=O)C=C(c3ccccc3)C2(C#N)C#N)cc1. The van der Waals surface area contributed by atoms with Crippen LogP contribution in [0.2, 0.25) is 0 Å². The third-order valence-corrected chi connectivity index (χ3v) is 6.68. The maximum Gasteiger partial charge on any atom is 0.340 e. The van der Waals surface area contributed by atoms with Crippen molar-refractivity contribution in [2.45, 2.75) is 19.3 Å². The van der Waals surface area contributed by atoms with E-state index in [4.69, 9.17) is 4.42 Å². The Bertz CT molecular complexity index is 1620.